The number of amides is 1. The van der Waals surface area contributed by atoms with Crippen molar-refractivity contribution in [2.75, 3.05) is 11.4 Å². The Hall–Kier alpha value is -2.87. The first kappa shape index (κ1) is 18.9. The van der Waals surface area contributed by atoms with E-state index in [1.807, 2.05) is 35.2 Å². The first-order chi connectivity index (χ1) is 13.0. The molecule has 1 amide bonds. The summed E-state index contributed by atoms with van der Waals surface area (Å²) >= 11 is 0. The number of anilines is 1. The summed E-state index contributed by atoms with van der Waals surface area (Å²) in [6, 6.07) is 24.7. The van der Waals surface area contributed by atoms with Crippen LogP contribution in [0.5, 0.6) is 0 Å². The second kappa shape index (κ2) is 8.68. The van der Waals surface area contributed by atoms with E-state index in [1.165, 1.54) is 22.3 Å². The monoisotopic (exact) mass is 357 g/mol. The Bertz CT molecular complexity index is 915. The number of carbonyl (C=O) groups is 1. The van der Waals surface area contributed by atoms with Crippen molar-refractivity contribution in [1.82, 2.24) is 0 Å². The third kappa shape index (κ3) is 5.07. The highest BCUT2D eigenvalue weighted by Gasteiger charge is 2.17. The van der Waals surface area contributed by atoms with Gasteiger partial charge in [0.1, 0.15) is 0 Å². The molecule has 0 aromatic heterocycles. The van der Waals surface area contributed by atoms with Crippen LogP contribution in [0.3, 0.4) is 0 Å². The summed E-state index contributed by atoms with van der Waals surface area (Å²) in [5.74, 6) is 0.136. The van der Waals surface area contributed by atoms with Crippen LogP contribution in [0.25, 0.3) is 0 Å². The highest BCUT2D eigenvalue weighted by Crippen LogP contribution is 2.21. The molecule has 2 heteroatoms. The van der Waals surface area contributed by atoms with Crippen LogP contribution >= 0.6 is 0 Å². The van der Waals surface area contributed by atoms with E-state index < -0.39 is 0 Å². The highest BCUT2D eigenvalue weighted by molar-refractivity contribution is 5.94. The van der Waals surface area contributed by atoms with Crippen LogP contribution in [0, 0.1) is 20.8 Å². The molecular formula is C25H27NO. The third-order valence-electron chi connectivity index (χ3n) is 5.01. The zero-order valence-electron chi connectivity index (χ0n) is 16.4. The summed E-state index contributed by atoms with van der Waals surface area (Å²) in [4.78, 5) is 15.1. The number of carbonyl (C=O) groups excluding carboxylic acids is 1. The molecule has 0 aliphatic heterocycles. The van der Waals surface area contributed by atoms with Crippen LogP contribution < -0.4 is 4.90 Å². The van der Waals surface area contributed by atoms with Gasteiger partial charge in [0, 0.05) is 12.2 Å². The largest absolute Gasteiger partial charge is 0.312 e. The molecule has 0 unspecified atom stereocenters. The van der Waals surface area contributed by atoms with E-state index >= 15 is 0 Å². The van der Waals surface area contributed by atoms with Gasteiger partial charge < -0.3 is 4.90 Å². The van der Waals surface area contributed by atoms with Gasteiger partial charge in [0.25, 0.3) is 0 Å². The van der Waals surface area contributed by atoms with E-state index in [0.717, 1.165) is 17.7 Å². The van der Waals surface area contributed by atoms with Gasteiger partial charge in [-0.1, -0.05) is 66.2 Å². The van der Waals surface area contributed by atoms with Crippen LogP contribution in [-0.2, 0) is 17.6 Å². The molecule has 0 spiro atoms. The van der Waals surface area contributed by atoms with Crippen molar-refractivity contribution in [2.45, 2.75) is 33.6 Å². The number of nitrogens with zero attached hydrogens (tertiary/aromatic N) is 1. The molecule has 0 N–H and O–H groups in total. The van der Waals surface area contributed by atoms with Crippen molar-refractivity contribution in [3.05, 3.63) is 101 Å². The van der Waals surface area contributed by atoms with Crippen molar-refractivity contribution in [3.8, 4) is 0 Å². The van der Waals surface area contributed by atoms with Gasteiger partial charge >= 0.3 is 0 Å². The first-order valence-electron chi connectivity index (χ1n) is 9.50. The van der Waals surface area contributed by atoms with E-state index in [9.17, 15) is 4.79 Å². The van der Waals surface area contributed by atoms with E-state index in [-0.39, 0.29) is 5.91 Å². The molecule has 0 fully saturated rings. The van der Waals surface area contributed by atoms with Crippen LogP contribution in [0.1, 0.15) is 27.8 Å². The number of rotatable bonds is 6. The van der Waals surface area contributed by atoms with Gasteiger partial charge in [0.05, 0.1) is 6.42 Å². The minimum absolute atomic E-state index is 0.136. The van der Waals surface area contributed by atoms with Gasteiger partial charge in [-0.3, -0.25) is 4.79 Å². The summed E-state index contributed by atoms with van der Waals surface area (Å²) in [7, 11) is 0. The lowest BCUT2D eigenvalue weighted by atomic mass is 10.1. The maximum atomic E-state index is 13.1. The lowest BCUT2D eigenvalue weighted by Crippen LogP contribution is -2.34. The van der Waals surface area contributed by atoms with Gasteiger partial charge in [-0.05, 0) is 61.6 Å². The normalized spacial score (nSPS) is 10.6. The van der Waals surface area contributed by atoms with Gasteiger partial charge in [-0.25, -0.2) is 0 Å². The molecule has 2 nitrogen and oxygen atoms in total. The Morgan fingerprint density at radius 2 is 1.52 bits per heavy atom. The minimum atomic E-state index is 0.136. The van der Waals surface area contributed by atoms with E-state index in [2.05, 4.69) is 63.2 Å². The maximum Gasteiger partial charge on any atom is 0.231 e. The van der Waals surface area contributed by atoms with Gasteiger partial charge in [0.2, 0.25) is 5.91 Å². The average molecular weight is 357 g/mol. The highest BCUT2D eigenvalue weighted by atomic mass is 16.2. The molecular weight excluding hydrogens is 330 g/mol. The summed E-state index contributed by atoms with van der Waals surface area (Å²) in [6.45, 7) is 6.98. The average Bonchev–Trinajstić information content (AvgIpc) is 2.65. The summed E-state index contributed by atoms with van der Waals surface area (Å²) in [5.41, 5.74) is 6.99. The molecule has 27 heavy (non-hydrogen) atoms. The third-order valence-corrected chi connectivity index (χ3v) is 5.01. The molecule has 0 atom stereocenters. The zero-order valence-corrected chi connectivity index (χ0v) is 16.4. The van der Waals surface area contributed by atoms with Crippen LogP contribution in [0.15, 0.2) is 72.8 Å². The Balaban J connectivity index is 1.83. The van der Waals surface area contributed by atoms with Crippen molar-refractivity contribution >= 4 is 11.6 Å². The Morgan fingerprint density at radius 3 is 2.22 bits per heavy atom. The summed E-state index contributed by atoms with van der Waals surface area (Å²) in [5, 5.41) is 0. The molecule has 3 aromatic carbocycles. The van der Waals surface area contributed by atoms with Crippen LogP contribution in [-0.4, -0.2) is 12.5 Å². The minimum Gasteiger partial charge on any atom is -0.312 e. The predicted molar refractivity (Wildman–Crippen MR) is 113 cm³/mol. The van der Waals surface area contributed by atoms with Crippen LogP contribution in [0.2, 0.25) is 0 Å². The smallest absolute Gasteiger partial charge is 0.231 e. The van der Waals surface area contributed by atoms with Crippen LogP contribution in [0.4, 0.5) is 5.69 Å². The molecule has 0 bridgehead atoms. The topological polar surface area (TPSA) is 20.3 Å². The molecule has 0 radical (unpaired) electrons. The molecule has 3 rings (SSSR count). The molecule has 0 saturated heterocycles. The molecule has 0 heterocycles. The van der Waals surface area contributed by atoms with Crippen molar-refractivity contribution in [3.63, 3.8) is 0 Å². The standard InChI is InChI=1S/C25H27NO/c1-19-8-7-11-23(16-19)14-15-26(24-13-12-20(2)21(3)17-24)25(27)18-22-9-5-4-6-10-22/h4-13,16-17H,14-15,18H2,1-3H3. The number of benzene rings is 3. The van der Waals surface area contributed by atoms with Gasteiger partial charge in [-0.15, -0.1) is 0 Å². The molecule has 0 aliphatic rings. The van der Waals surface area contributed by atoms with E-state index in [0.29, 0.717) is 13.0 Å². The lowest BCUT2D eigenvalue weighted by Gasteiger charge is -2.24. The van der Waals surface area contributed by atoms with Crippen molar-refractivity contribution < 1.29 is 4.79 Å². The molecule has 0 aliphatic carbocycles. The van der Waals surface area contributed by atoms with E-state index in [4.69, 9.17) is 0 Å². The van der Waals surface area contributed by atoms with Crippen molar-refractivity contribution in [1.29, 1.82) is 0 Å². The fourth-order valence-electron chi connectivity index (χ4n) is 3.27. The molecule has 138 valence electrons. The first-order valence-corrected chi connectivity index (χ1v) is 9.50. The summed E-state index contributed by atoms with van der Waals surface area (Å²) < 4.78 is 0. The Morgan fingerprint density at radius 1 is 0.778 bits per heavy atom. The maximum absolute atomic E-state index is 13.1. The molecule has 0 saturated carbocycles. The fraction of sp³-hybridized carbons (Fsp3) is 0.240. The zero-order chi connectivity index (χ0) is 19.2. The number of hydrogen-bond donors (Lipinski definition) is 0. The van der Waals surface area contributed by atoms with Crippen molar-refractivity contribution in [2.24, 2.45) is 0 Å². The second-order valence-electron chi connectivity index (χ2n) is 7.22. The Labute approximate surface area is 162 Å². The number of hydrogen-bond acceptors (Lipinski definition) is 1. The SMILES string of the molecule is Cc1cccc(CCN(C(=O)Cc2ccccc2)c2ccc(C)c(C)c2)c1. The van der Waals surface area contributed by atoms with E-state index in [1.54, 1.807) is 0 Å². The predicted octanol–water partition coefficient (Wildman–Crippen LogP) is 5.43. The fourth-order valence-corrected chi connectivity index (χ4v) is 3.27. The second-order valence-corrected chi connectivity index (χ2v) is 7.22. The summed E-state index contributed by atoms with van der Waals surface area (Å²) in [6.07, 6.45) is 1.26. The quantitative estimate of drug-likeness (QED) is 0.576. The number of aryl methyl sites for hydroxylation is 3. The lowest BCUT2D eigenvalue weighted by molar-refractivity contribution is -0.118. The molecule has 3 aromatic rings. The Kier molecular flexibility index (Phi) is 6.08. The van der Waals surface area contributed by atoms with Gasteiger partial charge in [0.15, 0.2) is 0 Å². The van der Waals surface area contributed by atoms with Gasteiger partial charge in [-0.2, -0.15) is 0 Å².